The molecule has 23 heavy (non-hydrogen) atoms. The monoisotopic (exact) mass is 316 g/mol. The molecule has 1 aromatic heterocycles. The van der Waals surface area contributed by atoms with Crippen LogP contribution in [0.15, 0.2) is 22.6 Å². The Balaban J connectivity index is 1.62. The number of furan rings is 1. The molecule has 2 N–H and O–H groups in total. The smallest absolute Gasteiger partial charge is 0.246 e. The third kappa shape index (κ3) is 3.84. The molecule has 0 unspecified atom stereocenters. The van der Waals surface area contributed by atoms with Crippen molar-refractivity contribution in [3.05, 3.63) is 29.7 Å². The van der Waals surface area contributed by atoms with E-state index in [-0.39, 0.29) is 24.3 Å². The van der Waals surface area contributed by atoms with Gasteiger partial charge in [-0.2, -0.15) is 0 Å². The number of primary amides is 1. The second kappa shape index (κ2) is 6.60. The lowest BCUT2D eigenvalue weighted by Gasteiger charge is -2.34. The topological polar surface area (TPSA) is 76.5 Å². The van der Waals surface area contributed by atoms with E-state index in [0.717, 1.165) is 25.0 Å². The van der Waals surface area contributed by atoms with Gasteiger partial charge in [-0.25, -0.2) is 0 Å². The summed E-state index contributed by atoms with van der Waals surface area (Å²) in [7, 11) is 0. The molecule has 5 heteroatoms. The Kier molecular flexibility index (Phi) is 4.55. The Morgan fingerprint density at radius 1 is 1.39 bits per heavy atom. The first-order valence-electron chi connectivity index (χ1n) is 8.41. The largest absolute Gasteiger partial charge is 0.461 e. The van der Waals surface area contributed by atoms with Crippen molar-refractivity contribution in [1.29, 1.82) is 0 Å². The zero-order valence-electron chi connectivity index (χ0n) is 13.5. The molecular weight excluding hydrogens is 292 g/mol. The van der Waals surface area contributed by atoms with Crippen molar-refractivity contribution in [2.75, 3.05) is 6.54 Å². The molecule has 3 atom stereocenters. The standard InChI is InChI=1S/C18H24N2O3/c1-12-10-15(12)16-7-5-14(23-16)6-8-18(22)20-9-3-2-4-13(20)11-17(19)21/h5-8,12-13,15H,2-4,9-11H2,1H3,(H2,19,21)/b8-6-/t12-,13-,15+/m1/s1. The highest BCUT2D eigenvalue weighted by atomic mass is 16.3. The molecule has 2 fully saturated rings. The normalized spacial score (nSPS) is 27.3. The van der Waals surface area contributed by atoms with Crippen LogP contribution in [0.2, 0.25) is 0 Å². The zero-order chi connectivity index (χ0) is 16.4. The summed E-state index contributed by atoms with van der Waals surface area (Å²) in [5, 5.41) is 0. The number of amides is 2. The van der Waals surface area contributed by atoms with Crippen molar-refractivity contribution in [1.82, 2.24) is 4.90 Å². The maximum atomic E-state index is 12.4. The molecule has 2 heterocycles. The quantitative estimate of drug-likeness (QED) is 0.848. The van der Waals surface area contributed by atoms with Crippen molar-refractivity contribution in [3.63, 3.8) is 0 Å². The second-order valence-electron chi connectivity index (χ2n) is 6.74. The Hall–Kier alpha value is -2.04. The van der Waals surface area contributed by atoms with Crippen LogP contribution in [0, 0.1) is 5.92 Å². The average molecular weight is 316 g/mol. The van der Waals surface area contributed by atoms with E-state index in [0.29, 0.717) is 24.1 Å². The SMILES string of the molecule is C[C@@H]1C[C@@H]1c1ccc(/C=C\C(=O)N2CCCC[C@@H]2CC(N)=O)o1. The molecule has 5 nitrogen and oxygen atoms in total. The van der Waals surface area contributed by atoms with E-state index in [4.69, 9.17) is 10.2 Å². The highest BCUT2D eigenvalue weighted by molar-refractivity contribution is 5.92. The summed E-state index contributed by atoms with van der Waals surface area (Å²) in [5.74, 6) is 2.52. The van der Waals surface area contributed by atoms with Gasteiger partial charge in [-0.15, -0.1) is 0 Å². The van der Waals surface area contributed by atoms with E-state index in [1.807, 2.05) is 12.1 Å². The molecule has 1 aliphatic heterocycles. The molecule has 0 aromatic carbocycles. The molecule has 1 aromatic rings. The lowest BCUT2D eigenvalue weighted by atomic mass is 9.99. The highest BCUT2D eigenvalue weighted by Gasteiger charge is 2.36. The van der Waals surface area contributed by atoms with Crippen LogP contribution in [0.4, 0.5) is 0 Å². The van der Waals surface area contributed by atoms with Crippen LogP contribution in [0.3, 0.4) is 0 Å². The Morgan fingerprint density at radius 2 is 2.17 bits per heavy atom. The summed E-state index contributed by atoms with van der Waals surface area (Å²) in [6, 6.07) is 3.83. The van der Waals surface area contributed by atoms with Crippen molar-refractivity contribution in [2.24, 2.45) is 11.7 Å². The molecule has 1 aliphatic carbocycles. The number of carbonyl (C=O) groups is 2. The Labute approximate surface area is 136 Å². The van der Waals surface area contributed by atoms with Crippen LogP contribution in [0.25, 0.3) is 6.08 Å². The van der Waals surface area contributed by atoms with Crippen LogP contribution in [0.5, 0.6) is 0 Å². The van der Waals surface area contributed by atoms with Crippen molar-refractivity contribution in [2.45, 2.75) is 51.0 Å². The van der Waals surface area contributed by atoms with Gasteiger partial charge in [0.2, 0.25) is 11.8 Å². The first-order chi connectivity index (χ1) is 11.0. The van der Waals surface area contributed by atoms with Crippen LogP contribution in [0.1, 0.15) is 56.5 Å². The van der Waals surface area contributed by atoms with Crippen molar-refractivity contribution in [3.8, 4) is 0 Å². The number of rotatable bonds is 5. The molecule has 0 spiro atoms. The first-order valence-corrected chi connectivity index (χ1v) is 8.41. The van der Waals surface area contributed by atoms with Crippen LogP contribution < -0.4 is 5.73 Å². The minimum Gasteiger partial charge on any atom is -0.461 e. The fourth-order valence-corrected chi connectivity index (χ4v) is 3.36. The van der Waals surface area contributed by atoms with Gasteiger partial charge >= 0.3 is 0 Å². The molecule has 0 bridgehead atoms. The van der Waals surface area contributed by atoms with Gasteiger partial charge in [-0.3, -0.25) is 9.59 Å². The van der Waals surface area contributed by atoms with Crippen LogP contribution in [-0.4, -0.2) is 29.3 Å². The minimum atomic E-state index is -0.354. The van der Waals surface area contributed by atoms with Crippen LogP contribution in [-0.2, 0) is 9.59 Å². The molecule has 2 amide bonds. The second-order valence-corrected chi connectivity index (χ2v) is 6.74. The van der Waals surface area contributed by atoms with E-state index < -0.39 is 0 Å². The fourth-order valence-electron chi connectivity index (χ4n) is 3.36. The van der Waals surface area contributed by atoms with E-state index in [1.54, 1.807) is 11.0 Å². The highest BCUT2D eigenvalue weighted by Crippen LogP contribution is 2.47. The van der Waals surface area contributed by atoms with Gasteiger partial charge < -0.3 is 15.1 Å². The third-order valence-corrected chi connectivity index (χ3v) is 4.86. The van der Waals surface area contributed by atoms with Gasteiger partial charge in [0.15, 0.2) is 0 Å². The van der Waals surface area contributed by atoms with Gasteiger partial charge in [0.25, 0.3) is 0 Å². The number of nitrogens with two attached hydrogens (primary N) is 1. The number of likely N-dealkylation sites (tertiary alicyclic amines) is 1. The summed E-state index contributed by atoms with van der Waals surface area (Å²) in [6.07, 6.45) is 7.52. The molecule has 0 radical (unpaired) electrons. The Bertz CT molecular complexity index is 620. The Morgan fingerprint density at radius 3 is 2.87 bits per heavy atom. The lowest BCUT2D eigenvalue weighted by molar-refractivity contribution is -0.130. The molecule has 124 valence electrons. The van der Waals surface area contributed by atoms with Gasteiger partial charge in [0.05, 0.1) is 0 Å². The third-order valence-electron chi connectivity index (χ3n) is 4.86. The number of piperidine rings is 1. The van der Waals surface area contributed by atoms with E-state index in [9.17, 15) is 9.59 Å². The maximum absolute atomic E-state index is 12.4. The van der Waals surface area contributed by atoms with E-state index in [1.165, 1.54) is 12.5 Å². The number of carbonyl (C=O) groups excluding carboxylic acids is 2. The lowest BCUT2D eigenvalue weighted by Crippen LogP contribution is -2.44. The van der Waals surface area contributed by atoms with Crippen molar-refractivity contribution < 1.29 is 14.0 Å². The summed E-state index contributed by atoms with van der Waals surface area (Å²) < 4.78 is 5.78. The summed E-state index contributed by atoms with van der Waals surface area (Å²) in [5.41, 5.74) is 5.29. The van der Waals surface area contributed by atoms with E-state index in [2.05, 4.69) is 6.92 Å². The van der Waals surface area contributed by atoms with Crippen molar-refractivity contribution >= 4 is 17.9 Å². The average Bonchev–Trinajstić information content (AvgIpc) is 3.07. The minimum absolute atomic E-state index is 0.0714. The van der Waals surface area contributed by atoms with Gasteiger partial charge in [-0.1, -0.05) is 6.92 Å². The predicted octanol–water partition coefficient (Wildman–Crippen LogP) is 2.67. The van der Waals surface area contributed by atoms with Gasteiger partial charge in [-0.05, 0) is 49.8 Å². The molecular formula is C18H24N2O3. The maximum Gasteiger partial charge on any atom is 0.246 e. The van der Waals surface area contributed by atoms with Crippen LogP contribution >= 0.6 is 0 Å². The number of hydrogen-bond donors (Lipinski definition) is 1. The first kappa shape index (κ1) is 15.8. The number of nitrogens with zero attached hydrogens (tertiary/aromatic N) is 1. The molecule has 3 rings (SSSR count). The summed E-state index contributed by atoms with van der Waals surface area (Å²) >= 11 is 0. The van der Waals surface area contributed by atoms with Gasteiger partial charge in [0.1, 0.15) is 11.5 Å². The zero-order valence-corrected chi connectivity index (χ0v) is 13.5. The summed E-state index contributed by atoms with van der Waals surface area (Å²) in [4.78, 5) is 25.3. The molecule has 1 saturated carbocycles. The van der Waals surface area contributed by atoms with E-state index >= 15 is 0 Å². The molecule has 1 saturated heterocycles. The van der Waals surface area contributed by atoms with Gasteiger partial charge in [0, 0.05) is 31.0 Å². The molecule has 2 aliphatic rings. The number of hydrogen-bond acceptors (Lipinski definition) is 3. The summed E-state index contributed by atoms with van der Waals surface area (Å²) in [6.45, 7) is 2.89. The predicted molar refractivity (Wildman–Crippen MR) is 87.4 cm³/mol. The fraction of sp³-hybridized carbons (Fsp3) is 0.556.